The van der Waals surface area contributed by atoms with E-state index in [1.54, 1.807) is 0 Å². The summed E-state index contributed by atoms with van der Waals surface area (Å²) in [7, 11) is 0. The minimum atomic E-state index is 1.08. The minimum Gasteiger partial charge on any atom is -0.311 e. The molecule has 364 valence electrons. The lowest BCUT2D eigenvalue weighted by Gasteiger charge is -2.27. The summed E-state index contributed by atoms with van der Waals surface area (Å²) in [5.74, 6) is 0. The Labute approximate surface area is 455 Å². The molecule has 0 aliphatic carbocycles. The molecule has 13 rings (SSSR count). The Balaban J connectivity index is 0.811. The molecule has 12 aromatic carbocycles. The van der Waals surface area contributed by atoms with Gasteiger partial charge in [0.25, 0.3) is 0 Å². The van der Waals surface area contributed by atoms with Crippen LogP contribution in [0.4, 0.5) is 34.1 Å². The molecule has 0 amide bonds. The lowest BCUT2D eigenvalue weighted by molar-refractivity contribution is 1.28. The molecular weight excluding hydrogens is 949 g/mol. The lowest BCUT2D eigenvalue weighted by atomic mass is 9.99. The molecule has 77 heavy (non-hydrogen) atoms. The summed E-state index contributed by atoms with van der Waals surface area (Å²) in [4.78, 5) is 4.70. The largest absolute Gasteiger partial charge is 0.311 e. The Morgan fingerprint density at radius 2 is 0.494 bits per heavy atom. The zero-order valence-electron chi connectivity index (χ0n) is 42.4. The molecule has 1 aromatic heterocycles. The van der Waals surface area contributed by atoms with Crippen LogP contribution in [0.15, 0.2) is 304 Å². The van der Waals surface area contributed by atoms with Crippen molar-refractivity contribution in [3.8, 4) is 66.8 Å². The molecule has 0 unspecified atom stereocenters. The van der Waals surface area contributed by atoms with Crippen molar-refractivity contribution >= 4 is 71.7 Å². The smallest absolute Gasteiger partial charge is 0.0462 e. The Kier molecular flexibility index (Phi) is 12.7. The topological polar surface area (TPSA) is 6.48 Å². The van der Waals surface area contributed by atoms with Crippen LogP contribution in [0.25, 0.3) is 93.0 Å². The molecule has 0 spiro atoms. The summed E-state index contributed by atoms with van der Waals surface area (Å²) in [6.07, 6.45) is 1.88. The molecule has 13 aromatic rings. The van der Waals surface area contributed by atoms with Crippen LogP contribution in [0.1, 0.15) is 5.56 Å². The molecule has 3 heteroatoms. The van der Waals surface area contributed by atoms with Gasteiger partial charge in [-0.3, -0.25) is 0 Å². The molecule has 0 saturated heterocycles. The van der Waals surface area contributed by atoms with E-state index in [1.165, 1.54) is 75.8 Å². The lowest BCUT2D eigenvalue weighted by Crippen LogP contribution is -2.10. The van der Waals surface area contributed by atoms with E-state index >= 15 is 0 Å². The third kappa shape index (κ3) is 9.64. The molecule has 0 atom stereocenters. The second-order valence-electron chi connectivity index (χ2n) is 19.4. The maximum absolute atomic E-state index is 3.91. The number of fused-ring (bicyclic) bond motifs is 3. The predicted molar refractivity (Wildman–Crippen MR) is 331 cm³/mol. The Morgan fingerprint density at radius 1 is 0.234 bits per heavy atom. The van der Waals surface area contributed by atoms with Crippen LogP contribution in [0, 0.1) is 0 Å². The van der Waals surface area contributed by atoms with Crippen molar-refractivity contribution in [3.05, 3.63) is 309 Å². The highest BCUT2D eigenvalue weighted by Gasteiger charge is 2.17. The highest BCUT2D eigenvalue weighted by atomic mass is 32.1. The second kappa shape index (κ2) is 20.8. The summed E-state index contributed by atoms with van der Waals surface area (Å²) >= 11 is 1.85. The van der Waals surface area contributed by atoms with E-state index in [1.807, 2.05) is 17.4 Å². The molecule has 0 aliphatic heterocycles. The highest BCUT2D eigenvalue weighted by Crippen LogP contribution is 2.42. The van der Waals surface area contributed by atoms with Crippen molar-refractivity contribution in [2.75, 3.05) is 9.80 Å². The van der Waals surface area contributed by atoms with Crippen LogP contribution >= 0.6 is 11.3 Å². The van der Waals surface area contributed by atoms with E-state index in [0.29, 0.717) is 0 Å². The van der Waals surface area contributed by atoms with Crippen LogP contribution in [0.3, 0.4) is 0 Å². The van der Waals surface area contributed by atoms with Gasteiger partial charge in [-0.2, -0.15) is 0 Å². The Bertz CT molecular complexity index is 4050. The van der Waals surface area contributed by atoms with E-state index in [9.17, 15) is 0 Å². The maximum Gasteiger partial charge on any atom is 0.0462 e. The van der Waals surface area contributed by atoms with E-state index in [-0.39, 0.29) is 0 Å². The number of rotatable bonds is 13. The van der Waals surface area contributed by atoms with E-state index in [2.05, 4.69) is 314 Å². The van der Waals surface area contributed by atoms with Crippen molar-refractivity contribution in [1.29, 1.82) is 0 Å². The molecule has 0 saturated carbocycles. The van der Waals surface area contributed by atoms with Gasteiger partial charge in [-0.25, -0.2) is 0 Å². The molecule has 0 bridgehead atoms. The number of hydrogen-bond donors (Lipinski definition) is 0. The maximum atomic E-state index is 3.91. The summed E-state index contributed by atoms with van der Waals surface area (Å²) in [5.41, 5.74) is 21.8. The first-order valence-electron chi connectivity index (χ1n) is 26.2. The second-order valence-corrected chi connectivity index (χ2v) is 20.5. The zero-order valence-corrected chi connectivity index (χ0v) is 43.2. The van der Waals surface area contributed by atoms with Crippen LogP contribution in [-0.4, -0.2) is 0 Å². The van der Waals surface area contributed by atoms with Crippen LogP contribution in [0.5, 0.6) is 0 Å². The third-order valence-corrected chi connectivity index (χ3v) is 15.9. The fourth-order valence-corrected chi connectivity index (χ4v) is 11.6. The van der Waals surface area contributed by atoms with Crippen LogP contribution in [0.2, 0.25) is 0 Å². The summed E-state index contributed by atoms with van der Waals surface area (Å²) in [6, 6.07) is 108. The average molecular weight is 1000 g/mol. The van der Waals surface area contributed by atoms with Gasteiger partial charge in [-0.05, 0) is 163 Å². The highest BCUT2D eigenvalue weighted by molar-refractivity contribution is 7.25. The first-order chi connectivity index (χ1) is 38.1. The number of anilines is 6. The number of benzene rings is 12. The van der Waals surface area contributed by atoms with E-state index < -0.39 is 0 Å². The standard InChI is InChI=1S/C74H52N2S/c1-2-52-17-19-55(20-18-52)56-21-23-57(24-22-56)60-29-42-67(43-30-60)76(70-48-35-63(36-49-70)64-37-50-74-72(51-64)71-15-9-10-16-73(71)77-74)69-46-33-62(34-47-69)61-31-44-68(45-32-61)75(65-38-25-58(26-39-65)53-11-5-3-6-12-53)66-40-27-59(28-41-66)54-13-7-4-8-14-54/h2-51H,1H2. The van der Waals surface area contributed by atoms with E-state index in [4.69, 9.17) is 0 Å². The van der Waals surface area contributed by atoms with Crippen molar-refractivity contribution in [3.63, 3.8) is 0 Å². The molecular formula is C74H52N2S. The van der Waals surface area contributed by atoms with Crippen molar-refractivity contribution in [2.45, 2.75) is 0 Å². The zero-order chi connectivity index (χ0) is 51.5. The Hall–Kier alpha value is -9.80. The van der Waals surface area contributed by atoms with Crippen LogP contribution < -0.4 is 9.80 Å². The van der Waals surface area contributed by atoms with Gasteiger partial charge in [0, 0.05) is 54.3 Å². The average Bonchev–Trinajstić information content (AvgIpc) is 3.92. The van der Waals surface area contributed by atoms with Gasteiger partial charge in [0.2, 0.25) is 0 Å². The summed E-state index contributed by atoms with van der Waals surface area (Å²) < 4.78 is 2.63. The first-order valence-corrected chi connectivity index (χ1v) is 27.0. The van der Waals surface area contributed by atoms with Crippen LogP contribution in [-0.2, 0) is 0 Å². The third-order valence-electron chi connectivity index (χ3n) is 14.7. The summed E-state index contributed by atoms with van der Waals surface area (Å²) in [5, 5.41) is 2.62. The minimum absolute atomic E-state index is 1.08. The van der Waals surface area contributed by atoms with Gasteiger partial charge >= 0.3 is 0 Å². The van der Waals surface area contributed by atoms with Gasteiger partial charge in [0.15, 0.2) is 0 Å². The Morgan fingerprint density at radius 3 is 0.844 bits per heavy atom. The quantitative estimate of drug-likeness (QED) is 0.114. The normalized spacial score (nSPS) is 11.2. The van der Waals surface area contributed by atoms with Gasteiger partial charge in [-0.15, -0.1) is 11.3 Å². The van der Waals surface area contributed by atoms with Crippen molar-refractivity contribution in [2.24, 2.45) is 0 Å². The monoisotopic (exact) mass is 1000 g/mol. The van der Waals surface area contributed by atoms with Crippen molar-refractivity contribution in [1.82, 2.24) is 0 Å². The fourth-order valence-electron chi connectivity index (χ4n) is 10.5. The van der Waals surface area contributed by atoms with Gasteiger partial charge in [0.05, 0.1) is 0 Å². The number of nitrogens with zero attached hydrogens (tertiary/aromatic N) is 2. The van der Waals surface area contributed by atoms with E-state index in [0.717, 1.165) is 50.8 Å². The molecule has 0 radical (unpaired) electrons. The molecule has 1 heterocycles. The molecule has 0 N–H and O–H groups in total. The predicted octanol–water partition coefficient (Wildman–Crippen LogP) is 21.6. The van der Waals surface area contributed by atoms with Gasteiger partial charge < -0.3 is 9.80 Å². The fraction of sp³-hybridized carbons (Fsp3) is 0. The van der Waals surface area contributed by atoms with Gasteiger partial charge in [-0.1, -0.05) is 219 Å². The number of hydrogen-bond acceptors (Lipinski definition) is 3. The van der Waals surface area contributed by atoms with Gasteiger partial charge in [0.1, 0.15) is 0 Å². The molecule has 2 nitrogen and oxygen atoms in total. The van der Waals surface area contributed by atoms with Crippen molar-refractivity contribution < 1.29 is 0 Å². The molecule has 0 fully saturated rings. The first kappa shape index (κ1) is 46.9. The molecule has 0 aliphatic rings. The number of thiophene rings is 1. The summed E-state index contributed by atoms with van der Waals surface area (Å²) in [6.45, 7) is 3.91. The SMILES string of the molecule is C=Cc1ccc(-c2ccc(-c3ccc(N(c4ccc(-c5ccc(N(c6ccc(-c7ccccc7)cc6)c6ccc(-c7ccccc7)cc6)cc5)cc4)c4ccc(-c5ccc6sc7ccccc7c6c5)cc4)cc3)cc2)cc1.